The lowest BCUT2D eigenvalue weighted by Gasteiger charge is -2.34. The Morgan fingerprint density at radius 2 is 1.67 bits per heavy atom. The number of carbonyl (C=O) groups excluding carboxylic acids is 2. The minimum atomic E-state index is -1.89. The van der Waals surface area contributed by atoms with Crippen molar-refractivity contribution < 1.29 is 19.8 Å². The SMILES string of the molecule is CC(O)(CO)C(=O)C(NC(=O)c1ccccc1)C(C)(C)C. The number of benzene rings is 1. The van der Waals surface area contributed by atoms with Gasteiger partial charge in [0.1, 0.15) is 5.60 Å². The Labute approximate surface area is 125 Å². The highest BCUT2D eigenvalue weighted by molar-refractivity contribution is 6.00. The zero-order chi connectivity index (χ0) is 16.3. The molecule has 0 aliphatic rings. The van der Waals surface area contributed by atoms with Crippen LogP contribution in [0.1, 0.15) is 38.1 Å². The van der Waals surface area contributed by atoms with E-state index in [1.807, 2.05) is 0 Å². The lowest BCUT2D eigenvalue weighted by Crippen LogP contribution is -2.57. The number of carbonyl (C=O) groups is 2. The van der Waals surface area contributed by atoms with Crippen molar-refractivity contribution in [1.29, 1.82) is 0 Å². The van der Waals surface area contributed by atoms with Crippen LogP contribution in [0.25, 0.3) is 0 Å². The Balaban J connectivity index is 3.01. The van der Waals surface area contributed by atoms with E-state index in [0.717, 1.165) is 0 Å². The number of hydrogen-bond acceptors (Lipinski definition) is 4. The summed E-state index contributed by atoms with van der Waals surface area (Å²) < 4.78 is 0. The lowest BCUT2D eigenvalue weighted by molar-refractivity contribution is -0.144. The second kappa shape index (κ2) is 6.37. The number of rotatable bonds is 5. The maximum Gasteiger partial charge on any atom is 0.251 e. The van der Waals surface area contributed by atoms with Gasteiger partial charge in [-0.25, -0.2) is 0 Å². The van der Waals surface area contributed by atoms with Gasteiger partial charge in [-0.1, -0.05) is 39.0 Å². The maximum atomic E-state index is 12.4. The van der Waals surface area contributed by atoms with Gasteiger partial charge in [-0.15, -0.1) is 0 Å². The fourth-order valence-electron chi connectivity index (χ4n) is 1.87. The number of aliphatic hydroxyl groups excluding tert-OH is 1. The van der Waals surface area contributed by atoms with Crippen LogP contribution in [0.5, 0.6) is 0 Å². The smallest absolute Gasteiger partial charge is 0.251 e. The first-order valence-electron chi connectivity index (χ1n) is 6.83. The predicted molar refractivity (Wildman–Crippen MR) is 79.9 cm³/mol. The van der Waals surface area contributed by atoms with E-state index in [1.165, 1.54) is 6.92 Å². The zero-order valence-corrected chi connectivity index (χ0v) is 12.9. The molecular weight excluding hydrogens is 270 g/mol. The van der Waals surface area contributed by atoms with Crippen molar-refractivity contribution in [2.45, 2.75) is 39.3 Å². The van der Waals surface area contributed by atoms with Gasteiger partial charge in [0.2, 0.25) is 0 Å². The lowest BCUT2D eigenvalue weighted by atomic mass is 9.79. The standard InChI is InChI=1S/C16H23NO4/c1-15(2,3)12(13(19)16(4,21)10-18)17-14(20)11-8-6-5-7-9-11/h5-9,12,18,21H,10H2,1-4H3,(H,17,20). The molecule has 0 heterocycles. The van der Waals surface area contributed by atoms with Crippen LogP contribution in [0, 0.1) is 5.41 Å². The predicted octanol–water partition coefficient (Wildman–Crippen LogP) is 1.14. The number of aliphatic hydroxyl groups is 2. The van der Waals surface area contributed by atoms with Crippen LogP contribution < -0.4 is 5.32 Å². The fourth-order valence-corrected chi connectivity index (χ4v) is 1.87. The largest absolute Gasteiger partial charge is 0.393 e. The summed E-state index contributed by atoms with van der Waals surface area (Å²) >= 11 is 0. The summed E-state index contributed by atoms with van der Waals surface area (Å²) in [6.07, 6.45) is 0. The van der Waals surface area contributed by atoms with Crippen molar-refractivity contribution in [2.75, 3.05) is 6.61 Å². The van der Waals surface area contributed by atoms with Crippen LogP contribution >= 0.6 is 0 Å². The Morgan fingerprint density at radius 3 is 2.10 bits per heavy atom. The van der Waals surface area contributed by atoms with Crippen LogP contribution in [-0.4, -0.2) is 40.2 Å². The van der Waals surface area contributed by atoms with Crippen LogP contribution in [-0.2, 0) is 4.79 Å². The normalized spacial score (nSPS) is 15.9. The number of hydrogen-bond donors (Lipinski definition) is 3. The van der Waals surface area contributed by atoms with Crippen LogP contribution in [0.3, 0.4) is 0 Å². The molecule has 1 amide bonds. The summed E-state index contributed by atoms with van der Waals surface area (Å²) in [5, 5.41) is 21.8. The summed E-state index contributed by atoms with van der Waals surface area (Å²) in [5.74, 6) is -1.00. The van der Waals surface area contributed by atoms with E-state index in [0.29, 0.717) is 5.56 Å². The second-order valence-electron chi connectivity index (χ2n) is 6.43. The molecule has 0 saturated carbocycles. The minimum Gasteiger partial charge on any atom is -0.393 e. The first-order valence-corrected chi connectivity index (χ1v) is 6.83. The van der Waals surface area contributed by atoms with Crippen LogP contribution in [0.15, 0.2) is 30.3 Å². The molecular formula is C16H23NO4. The van der Waals surface area contributed by atoms with E-state index in [2.05, 4.69) is 5.32 Å². The van der Waals surface area contributed by atoms with E-state index >= 15 is 0 Å². The molecule has 1 rings (SSSR count). The highest BCUT2D eigenvalue weighted by atomic mass is 16.3. The third-order valence-electron chi connectivity index (χ3n) is 3.28. The topological polar surface area (TPSA) is 86.6 Å². The summed E-state index contributed by atoms with van der Waals surface area (Å²) in [5.41, 5.74) is -2.05. The molecule has 5 heteroatoms. The Hall–Kier alpha value is -1.72. The Kier molecular flexibility index (Phi) is 5.25. The number of nitrogens with one attached hydrogen (secondary N) is 1. The third-order valence-corrected chi connectivity index (χ3v) is 3.28. The van der Waals surface area contributed by atoms with Crippen molar-refractivity contribution in [3.63, 3.8) is 0 Å². The van der Waals surface area contributed by atoms with Gasteiger partial charge in [0.25, 0.3) is 5.91 Å². The van der Waals surface area contributed by atoms with Crippen LogP contribution in [0.4, 0.5) is 0 Å². The van der Waals surface area contributed by atoms with Crippen LogP contribution in [0.2, 0.25) is 0 Å². The molecule has 116 valence electrons. The monoisotopic (exact) mass is 293 g/mol. The maximum absolute atomic E-state index is 12.4. The molecule has 0 radical (unpaired) electrons. The quantitative estimate of drug-likeness (QED) is 0.760. The highest BCUT2D eigenvalue weighted by Gasteiger charge is 2.42. The van der Waals surface area contributed by atoms with Crippen molar-refractivity contribution in [3.05, 3.63) is 35.9 Å². The molecule has 0 saturated heterocycles. The van der Waals surface area contributed by atoms with Gasteiger partial charge in [-0.05, 0) is 24.5 Å². The number of Topliss-reactive ketones (excluding diaryl/α,β-unsaturated/α-hetero) is 1. The van der Waals surface area contributed by atoms with Gasteiger partial charge in [-0.3, -0.25) is 9.59 Å². The highest BCUT2D eigenvalue weighted by Crippen LogP contribution is 2.24. The van der Waals surface area contributed by atoms with Crippen molar-refractivity contribution in [1.82, 2.24) is 5.32 Å². The molecule has 0 aliphatic carbocycles. The van der Waals surface area contributed by atoms with Gasteiger partial charge in [0.15, 0.2) is 5.78 Å². The summed E-state index contributed by atoms with van der Waals surface area (Å²) in [6.45, 7) is 5.90. The average Bonchev–Trinajstić information content (AvgIpc) is 2.43. The average molecular weight is 293 g/mol. The molecule has 0 spiro atoms. The van der Waals surface area contributed by atoms with Gasteiger partial charge < -0.3 is 15.5 Å². The third kappa shape index (κ3) is 4.37. The molecule has 3 N–H and O–H groups in total. The van der Waals surface area contributed by atoms with E-state index in [1.54, 1.807) is 51.1 Å². The van der Waals surface area contributed by atoms with Gasteiger partial charge in [0, 0.05) is 5.56 Å². The van der Waals surface area contributed by atoms with E-state index in [-0.39, 0.29) is 0 Å². The van der Waals surface area contributed by atoms with Gasteiger partial charge in [-0.2, -0.15) is 0 Å². The molecule has 0 aliphatic heterocycles. The first kappa shape index (κ1) is 17.3. The van der Waals surface area contributed by atoms with E-state index in [4.69, 9.17) is 5.11 Å². The molecule has 2 unspecified atom stereocenters. The van der Waals surface area contributed by atoms with E-state index in [9.17, 15) is 14.7 Å². The molecule has 0 fully saturated rings. The Bertz CT molecular complexity index is 503. The van der Waals surface area contributed by atoms with E-state index < -0.39 is 35.4 Å². The van der Waals surface area contributed by atoms with Gasteiger partial charge >= 0.3 is 0 Å². The number of amides is 1. The van der Waals surface area contributed by atoms with Crippen molar-refractivity contribution in [3.8, 4) is 0 Å². The molecule has 1 aromatic carbocycles. The molecule has 1 aromatic rings. The first-order chi connectivity index (χ1) is 9.59. The molecule has 2 atom stereocenters. The fraction of sp³-hybridized carbons (Fsp3) is 0.500. The number of ketones is 1. The summed E-state index contributed by atoms with van der Waals surface area (Å²) in [6, 6.07) is 7.62. The molecule has 0 bridgehead atoms. The molecule has 21 heavy (non-hydrogen) atoms. The van der Waals surface area contributed by atoms with Crippen molar-refractivity contribution >= 4 is 11.7 Å². The zero-order valence-electron chi connectivity index (χ0n) is 12.9. The summed E-state index contributed by atoms with van der Waals surface area (Å²) in [7, 11) is 0. The Morgan fingerprint density at radius 1 is 1.14 bits per heavy atom. The van der Waals surface area contributed by atoms with Gasteiger partial charge in [0.05, 0.1) is 12.6 Å². The summed E-state index contributed by atoms with van der Waals surface area (Å²) in [4.78, 5) is 24.6. The van der Waals surface area contributed by atoms with Crippen molar-refractivity contribution in [2.24, 2.45) is 5.41 Å². The molecule has 5 nitrogen and oxygen atoms in total. The second-order valence-corrected chi connectivity index (χ2v) is 6.43. The minimum absolute atomic E-state index is 0.391. The molecule has 0 aromatic heterocycles.